The van der Waals surface area contributed by atoms with Gasteiger partial charge < -0.3 is 19.6 Å². The maximum atomic E-state index is 11.8. The van der Waals surface area contributed by atoms with Crippen LogP contribution in [0.1, 0.15) is 33.1 Å². The van der Waals surface area contributed by atoms with Crippen LogP contribution in [0.4, 0.5) is 0 Å². The Morgan fingerprint density at radius 3 is 2.67 bits per heavy atom. The molecule has 0 bridgehead atoms. The lowest BCUT2D eigenvalue weighted by molar-refractivity contribution is 0.184. The van der Waals surface area contributed by atoms with Gasteiger partial charge in [-0.3, -0.25) is 4.57 Å². The predicted octanol–water partition coefficient (Wildman–Crippen LogP) is 1.67. The third-order valence-corrected chi connectivity index (χ3v) is 4.94. The Kier molecular flexibility index (Phi) is 6.82. The summed E-state index contributed by atoms with van der Waals surface area (Å²) >= 11 is 0. The van der Waals surface area contributed by atoms with E-state index in [4.69, 9.17) is 4.52 Å². The number of nitrogens with zero attached hydrogens (tertiary/aromatic N) is 1. The second-order valence-corrected chi connectivity index (χ2v) is 7.15. The van der Waals surface area contributed by atoms with Gasteiger partial charge in [-0.1, -0.05) is 6.92 Å². The molecule has 0 aromatic carbocycles. The molecule has 0 radical (unpaired) electrons. The van der Waals surface area contributed by atoms with Crippen LogP contribution >= 0.6 is 7.60 Å². The van der Waals surface area contributed by atoms with Crippen LogP contribution in [0, 0.1) is 0 Å². The minimum atomic E-state index is -3.42. The highest BCUT2D eigenvalue weighted by atomic mass is 31.2. The van der Waals surface area contributed by atoms with Gasteiger partial charge in [0.2, 0.25) is 0 Å². The lowest BCUT2D eigenvalue weighted by atomic mass is 10.1. The highest BCUT2D eigenvalue weighted by molar-refractivity contribution is 7.52. The Bertz CT molecular complexity index is 280. The largest absolute Gasteiger partial charge is 0.329 e. The molecule has 18 heavy (non-hydrogen) atoms. The van der Waals surface area contributed by atoms with Crippen LogP contribution in [-0.2, 0) is 9.09 Å². The molecule has 0 spiro atoms. The highest BCUT2D eigenvalue weighted by Gasteiger charge is 2.23. The molecule has 1 saturated heterocycles. The Balaban J connectivity index is 2.18. The summed E-state index contributed by atoms with van der Waals surface area (Å²) in [7, 11) is -1.29. The Labute approximate surface area is 110 Å². The van der Waals surface area contributed by atoms with Gasteiger partial charge in [0.1, 0.15) is 0 Å². The second kappa shape index (κ2) is 7.61. The molecule has 0 amide bonds. The number of hydrogen-bond donors (Lipinski definition) is 2. The molecule has 0 aromatic rings. The molecule has 2 N–H and O–H groups in total. The molecule has 2 atom stereocenters. The molecule has 2 unspecified atom stereocenters. The summed E-state index contributed by atoms with van der Waals surface area (Å²) in [5.74, 6) is 0. The first kappa shape index (κ1) is 16.1. The quantitative estimate of drug-likeness (QED) is 0.694. The number of piperidine rings is 1. The maximum absolute atomic E-state index is 11.8. The fourth-order valence-corrected chi connectivity index (χ4v) is 3.26. The molecule has 5 nitrogen and oxygen atoms in total. The van der Waals surface area contributed by atoms with Crippen LogP contribution in [0.15, 0.2) is 0 Å². The van der Waals surface area contributed by atoms with Gasteiger partial charge in [-0.2, -0.15) is 0 Å². The van der Waals surface area contributed by atoms with Gasteiger partial charge >= 0.3 is 7.60 Å². The van der Waals surface area contributed by atoms with Crippen LogP contribution in [0.3, 0.4) is 0 Å². The molecule has 1 heterocycles. The van der Waals surface area contributed by atoms with Crippen molar-refractivity contribution in [2.75, 3.05) is 32.8 Å². The monoisotopic (exact) mass is 278 g/mol. The first-order chi connectivity index (χ1) is 8.43. The van der Waals surface area contributed by atoms with E-state index in [0.29, 0.717) is 12.6 Å². The molecule has 1 rings (SSSR count). The zero-order valence-corrected chi connectivity index (χ0v) is 12.7. The van der Waals surface area contributed by atoms with Crippen molar-refractivity contribution >= 4 is 7.60 Å². The van der Waals surface area contributed by atoms with Gasteiger partial charge in [0.15, 0.2) is 0 Å². The van der Waals surface area contributed by atoms with E-state index in [9.17, 15) is 9.46 Å². The molecular formula is C12H27N2O3P. The number of likely N-dealkylation sites (tertiary alicyclic amines) is 1. The second-order valence-electron chi connectivity index (χ2n) is 5.22. The summed E-state index contributed by atoms with van der Waals surface area (Å²) in [6, 6.07) is 0.477. The normalized spacial score (nSPS) is 23.8. The predicted molar refractivity (Wildman–Crippen MR) is 74.1 cm³/mol. The molecule has 0 aliphatic carbocycles. The maximum Gasteiger partial charge on any atom is 0.329 e. The van der Waals surface area contributed by atoms with Crippen molar-refractivity contribution in [2.45, 2.75) is 45.3 Å². The Hall–Kier alpha value is 0.0700. The first-order valence-electron chi connectivity index (χ1n) is 6.85. The standard InChI is InChI=1S/C12H27N2O3P/c1-4-11(2)17-18(15,16)10-7-13-12-5-8-14(3)9-6-12/h11-13H,4-10H2,1-3H3,(H,15,16). The number of nitrogens with one attached hydrogen (secondary N) is 1. The van der Waals surface area contributed by atoms with Crippen LogP contribution in [0.5, 0.6) is 0 Å². The Morgan fingerprint density at radius 1 is 1.50 bits per heavy atom. The third-order valence-electron chi connectivity index (χ3n) is 3.47. The minimum absolute atomic E-state index is 0.149. The number of rotatable bonds is 7. The topological polar surface area (TPSA) is 61.8 Å². The van der Waals surface area contributed by atoms with E-state index in [-0.39, 0.29) is 12.3 Å². The first-order valence-corrected chi connectivity index (χ1v) is 8.61. The smallest absolute Gasteiger partial charge is 0.324 e. The van der Waals surface area contributed by atoms with E-state index in [0.717, 1.165) is 32.4 Å². The van der Waals surface area contributed by atoms with Gasteiger partial charge in [-0.15, -0.1) is 0 Å². The summed E-state index contributed by atoms with van der Waals surface area (Å²) in [5, 5.41) is 3.35. The lowest BCUT2D eigenvalue weighted by Crippen LogP contribution is -2.41. The molecule has 1 aliphatic heterocycles. The van der Waals surface area contributed by atoms with Crippen LogP contribution in [-0.4, -0.2) is 54.8 Å². The summed E-state index contributed by atoms with van der Waals surface area (Å²) in [5.41, 5.74) is 0. The Morgan fingerprint density at radius 2 is 2.11 bits per heavy atom. The van der Waals surface area contributed by atoms with Gasteiger partial charge in [0.05, 0.1) is 12.3 Å². The molecule has 0 saturated carbocycles. The van der Waals surface area contributed by atoms with Crippen molar-refractivity contribution in [3.8, 4) is 0 Å². The molecule has 1 aliphatic rings. The van der Waals surface area contributed by atoms with Crippen molar-refractivity contribution in [1.29, 1.82) is 0 Å². The highest BCUT2D eigenvalue weighted by Crippen LogP contribution is 2.42. The van der Waals surface area contributed by atoms with Crippen molar-refractivity contribution in [3.63, 3.8) is 0 Å². The molecular weight excluding hydrogens is 251 g/mol. The van der Waals surface area contributed by atoms with Crippen molar-refractivity contribution in [2.24, 2.45) is 0 Å². The summed E-state index contributed by atoms with van der Waals surface area (Å²) in [4.78, 5) is 12.0. The molecule has 0 aromatic heterocycles. The fraction of sp³-hybridized carbons (Fsp3) is 1.00. The summed E-state index contributed by atoms with van der Waals surface area (Å²) < 4.78 is 16.9. The molecule has 1 fully saturated rings. The molecule has 108 valence electrons. The van der Waals surface area contributed by atoms with Crippen molar-refractivity contribution < 1.29 is 14.0 Å². The van der Waals surface area contributed by atoms with Crippen molar-refractivity contribution in [1.82, 2.24) is 10.2 Å². The third kappa shape index (κ3) is 6.30. The number of hydrogen-bond acceptors (Lipinski definition) is 4. The van der Waals surface area contributed by atoms with Gasteiger partial charge in [0, 0.05) is 12.6 Å². The van der Waals surface area contributed by atoms with E-state index >= 15 is 0 Å². The minimum Gasteiger partial charge on any atom is -0.324 e. The zero-order chi connectivity index (χ0) is 13.6. The van der Waals surface area contributed by atoms with E-state index < -0.39 is 7.60 Å². The van der Waals surface area contributed by atoms with Crippen LogP contribution in [0.2, 0.25) is 0 Å². The van der Waals surface area contributed by atoms with E-state index in [1.165, 1.54) is 0 Å². The lowest BCUT2D eigenvalue weighted by Gasteiger charge is -2.29. The van der Waals surface area contributed by atoms with Gasteiger partial charge in [-0.05, 0) is 46.3 Å². The average Bonchev–Trinajstić information content (AvgIpc) is 2.31. The summed E-state index contributed by atoms with van der Waals surface area (Å²) in [6.07, 6.45) is 3.03. The van der Waals surface area contributed by atoms with E-state index in [1.807, 2.05) is 13.8 Å². The van der Waals surface area contributed by atoms with Gasteiger partial charge in [0.25, 0.3) is 0 Å². The zero-order valence-electron chi connectivity index (χ0n) is 11.8. The van der Waals surface area contributed by atoms with Gasteiger partial charge in [-0.25, -0.2) is 0 Å². The average molecular weight is 278 g/mol. The summed E-state index contributed by atoms with van der Waals surface area (Å²) in [6.45, 7) is 6.52. The van der Waals surface area contributed by atoms with Crippen molar-refractivity contribution in [3.05, 3.63) is 0 Å². The SMILES string of the molecule is CCC(C)OP(=O)(O)CCNC1CCN(C)CC1. The van der Waals surface area contributed by atoms with Crippen LogP contribution < -0.4 is 5.32 Å². The van der Waals surface area contributed by atoms with Crippen LogP contribution in [0.25, 0.3) is 0 Å². The van der Waals surface area contributed by atoms with E-state index in [1.54, 1.807) is 0 Å². The fourth-order valence-electron chi connectivity index (χ4n) is 2.03. The van der Waals surface area contributed by atoms with E-state index in [2.05, 4.69) is 17.3 Å². The molecule has 6 heteroatoms.